The van der Waals surface area contributed by atoms with Crippen LogP contribution in [-0.4, -0.2) is 7.05 Å². The molecule has 2 nitrogen and oxygen atoms in total. The fraction of sp³-hybridized carbons (Fsp3) is 0.182. The maximum atomic E-state index is 14.6. The first-order valence-corrected chi connectivity index (χ1v) is 8.32. The molecule has 0 amide bonds. The molecule has 0 unspecified atom stereocenters. The molecule has 4 rings (SSSR count). The van der Waals surface area contributed by atoms with Crippen LogP contribution in [0.25, 0.3) is 16.5 Å². The summed E-state index contributed by atoms with van der Waals surface area (Å²) in [4.78, 5) is 2.07. The van der Waals surface area contributed by atoms with Gasteiger partial charge in [0.2, 0.25) is 0 Å². The number of hydrogen-bond acceptors (Lipinski definition) is 2. The third-order valence-electron chi connectivity index (χ3n) is 5.22. The Labute approximate surface area is 146 Å². The van der Waals surface area contributed by atoms with E-state index < -0.39 is 0 Å². The standard InChI is InChI=1S/C22H20FNO/c1-12-11-25-22-14(3)21-18(10-17(12)22)20(13(2)15(4)24(21)5)16-8-6-7-9-19(16)23/h6-11H,4H2,1-3,5H3. The van der Waals surface area contributed by atoms with E-state index in [0.717, 1.165) is 50.2 Å². The third kappa shape index (κ3) is 2.08. The zero-order valence-corrected chi connectivity index (χ0v) is 14.9. The van der Waals surface area contributed by atoms with Crippen molar-refractivity contribution < 1.29 is 8.81 Å². The second kappa shape index (κ2) is 5.35. The van der Waals surface area contributed by atoms with Crippen LogP contribution >= 0.6 is 0 Å². The molecule has 0 saturated heterocycles. The lowest BCUT2D eigenvalue weighted by Crippen LogP contribution is -2.24. The third-order valence-corrected chi connectivity index (χ3v) is 5.22. The highest BCUT2D eigenvalue weighted by atomic mass is 19.1. The van der Waals surface area contributed by atoms with Gasteiger partial charge in [-0.3, -0.25) is 0 Å². The molecule has 1 aromatic heterocycles. The van der Waals surface area contributed by atoms with Crippen LogP contribution in [0.3, 0.4) is 0 Å². The number of nitrogens with zero attached hydrogens (tertiary/aromatic N) is 1. The van der Waals surface area contributed by atoms with Gasteiger partial charge in [-0.05, 0) is 49.6 Å². The highest BCUT2D eigenvalue weighted by molar-refractivity contribution is 6.02. The smallest absolute Gasteiger partial charge is 0.139 e. The number of fused-ring (bicyclic) bond motifs is 2. The summed E-state index contributed by atoms with van der Waals surface area (Å²) in [7, 11) is 2.00. The van der Waals surface area contributed by atoms with E-state index in [-0.39, 0.29) is 5.82 Å². The van der Waals surface area contributed by atoms with Crippen LogP contribution in [0.1, 0.15) is 29.2 Å². The summed E-state index contributed by atoms with van der Waals surface area (Å²) in [5.41, 5.74) is 8.42. The van der Waals surface area contributed by atoms with Crippen molar-refractivity contribution in [2.75, 3.05) is 11.9 Å². The Kier molecular flexibility index (Phi) is 3.36. The molecule has 126 valence electrons. The molecule has 0 saturated carbocycles. The average Bonchev–Trinajstić information content (AvgIpc) is 2.96. The van der Waals surface area contributed by atoms with Gasteiger partial charge < -0.3 is 9.32 Å². The summed E-state index contributed by atoms with van der Waals surface area (Å²) in [5.74, 6) is -0.221. The van der Waals surface area contributed by atoms with Gasteiger partial charge in [-0.1, -0.05) is 24.8 Å². The first kappa shape index (κ1) is 15.7. The van der Waals surface area contributed by atoms with E-state index in [0.29, 0.717) is 5.56 Å². The Morgan fingerprint density at radius 2 is 1.80 bits per heavy atom. The lowest BCUT2D eigenvalue weighted by atomic mass is 9.85. The summed E-state index contributed by atoms with van der Waals surface area (Å²) < 4.78 is 20.4. The first-order chi connectivity index (χ1) is 11.9. The molecular weight excluding hydrogens is 313 g/mol. The summed E-state index contributed by atoms with van der Waals surface area (Å²) in [6.07, 6.45) is 1.78. The van der Waals surface area contributed by atoms with Gasteiger partial charge in [-0.2, -0.15) is 0 Å². The summed E-state index contributed by atoms with van der Waals surface area (Å²) in [5, 5.41) is 1.07. The van der Waals surface area contributed by atoms with Crippen LogP contribution in [-0.2, 0) is 0 Å². The molecule has 0 bridgehead atoms. The van der Waals surface area contributed by atoms with Crippen molar-refractivity contribution >= 4 is 22.2 Å². The average molecular weight is 333 g/mol. The Bertz CT molecular complexity index is 1070. The summed E-state index contributed by atoms with van der Waals surface area (Å²) >= 11 is 0. The number of halogens is 1. The van der Waals surface area contributed by atoms with E-state index in [1.807, 2.05) is 40.0 Å². The van der Waals surface area contributed by atoms with E-state index in [1.54, 1.807) is 12.3 Å². The zero-order chi connectivity index (χ0) is 17.9. The quantitative estimate of drug-likeness (QED) is 0.545. The number of benzene rings is 2. The second-order valence-electron chi connectivity index (χ2n) is 6.68. The topological polar surface area (TPSA) is 16.4 Å². The Hall–Kier alpha value is -2.81. The number of aryl methyl sites for hydroxylation is 2. The van der Waals surface area contributed by atoms with E-state index in [1.165, 1.54) is 6.07 Å². The van der Waals surface area contributed by atoms with Gasteiger partial charge in [0.25, 0.3) is 0 Å². The van der Waals surface area contributed by atoms with Gasteiger partial charge in [-0.15, -0.1) is 0 Å². The van der Waals surface area contributed by atoms with Gasteiger partial charge in [-0.25, -0.2) is 4.39 Å². The highest BCUT2D eigenvalue weighted by Crippen LogP contribution is 2.46. The molecule has 3 heteroatoms. The molecule has 0 radical (unpaired) electrons. The van der Waals surface area contributed by atoms with Gasteiger partial charge in [0.05, 0.1) is 12.0 Å². The SMILES string of the molecule is C=C1C(C)=C(c2ccccc2F)c2cc3c(C)coc3c(C)c2N1C. The van der Waals surface area contributed by atoms with Crippen molar-refractivity contribution in [3.05, 3.63) is 82.5 Å². The van der Waals surface area contributed by atoms with Crippen molar-refractivity contribution in [3.8, 4) is 0 Å². The van der Waals surface area contributed by atoms with E-state index in [9.17, 15) is 4.39 Å². The van der Waals surface area contributed by atoms with E-state index in [2.05, 4.69) is 17.5 Å². The zero-order valence-electron chi connectivity index (χ0n) is 14.9. The lowest BCUT2D eigenvalue weighted by Gasteiger charge is -2.34. The van der Waals surface area contributed by atoms with Gasteiger partial charge in [0.15, 0.2) is 0 Å². The van der Waals surface area contributed by atoms with Crippen LogP contribution < -0.4 is 4.90 Å². The molecule has 2 heterocycles. The van der Waals surface area contributed by atoms with Crippen LogP contribution in [0.2, 0.25) is 0 Å². The normalized spacial score (nSPS) is 14.4. The molecule has 1 aliphatic rings. The van der Waals surface area contributed by atoms with Crippen LogP contribution in [0.15, 0.2) is 58.9 Å². The van der Waals surface area contributed by atoms with Crippen LogP contribution in [0.4, 0.5) is 10.1 Å². The number of anilines is 1. The molecule has 0 N–H and O–H groups in total. The molecule has 0 fully saturated rings. The maximum absolute atomic E-state index is 14.6. The van der Waals surface area contributed by atoms with Crippen LogP contribution in [0, 0.1) is 19.7 Å². The van der Waals surface area contributed by atoms with Crippen molar-refractivity contribution in [1.82, 2.24) is 0 Å². The maximum Gasteiger partial charge on any atom is 0.139 e. The van der Waals surface area contributed by atoms with Gasteiger partial charge in [0, 0.05) is 34.8 Å². The molecule has 2 aromatic carbocycles. The summed E-state index contributed by atoms with van der Waals surface area (Å²) in [6.45, 7) is 10.3. The highest BCUT2D eigenvalue weighted by Gasteiger charge is 2.29. The molecule has 0 atom stereocenters. The van der Waals surface area contributed by atoms with Gasteiger partial charge >= 0.3 is 0 Å². The number of rotatable bonds is 1. The van der Waals surface area contributed by atoms with E-state index in [4.69, 9.17) is 4.42 Å². The molecule has 25 heavy (non-hydrogen) atoms. The minimum absolute atomic E-state index is 0.221. The van der Waals surface area contributed by atoms with Gasteiger partial charge in [0.1, 0.15) is 11.4 Å². The van der Waals surface area contributed by atoms with Crippen molar-refractivity contribution in [1.29, 1.82) is 0 Å². The van der Waals surface area contributed by atoms with Crippen molar-refractivity contribution in [2.45, 2.75) is 20.8 Å². The number of hydrogen-bond donors (Lipinski definition) is 0. The molecule has 1 aliphatic heterocycles. The number of likely N-dealkylation sites (N-methyl/N-ethyl adjacent to an activating group) is 1. The monoisotopic (exact) mass is 333 g/mol. The second-order valence-corrected chi connectivity index (χ2v) is 6.68. The molecular formula is C22H20FNO. The number of allylic oxidation sites excluding steroid dienone is 1. The molecule has 0 spiro atoms. The first-order valence-electron chi connectivity index (χ1n) is 8.32. The Balaban J connectivity index is 2.15. The summed E-state index contributed by atoms with van der Waals surface area (Å²) in [6, 6.07) is 9.04. The fourth-order valence-electron chi connectivity index (χ4n) is 3.81. The predicted molar refractivity (Wildman–Crippen MR) is 101 cm³/mol. The number of furan rings is 1. The molecule has 3 aromatic rings. The minimum Gasteiger partial charge on any atom is -0.464 e. The lowest BCUT2D eigenvalue weighted by molar-refractivity contribution is 0.610. The Morgan fingerprint density at radius 3 is 2.52 bits per heavy atom. The fourth-order valence-corrected chi connectivity index (χ4v) is 3.81. The molecule has 0 aliphatic carbocycles. The van der Waals surface area contributed by atoms with E-state index >= 15 is 0 Å². The Morgan fingerprint density at radius 1 is 1.08 bits per heavy atom. The largest absolute Gasteiger partial charge is 0.464 e. The predicted octanol–water partition coefficient (Wildman–Crippen LogP) is 5.97. The van der Waals surface area contributed by atoms with Crippen molar-refractivity contribution in [2.24, 2.45) is 0 Å². The van der Waals surface area contributed by atoms with Crippen molar-refractivity contribution in [3.63, 3.8) is 0 Å². The minimum atomic E-state index is -0.221. The van der Waals surface area contributed by atoms with Crippen LogP contribution in [0.5, 0.6) is 0 Å².